The lowest BCUT2D eigenvalue weighted by molar-refractivity contribution is -0.134. The van der Waals surface area contributed by atoms with E-state index in [1.807, 2.05) is 55.1 Å². The lowest BCUT2D eigenvalue weighted by atomic mass is 9.84. The van der Waals surface area contributed by atoms with Crippen molar-refractivity contribution in [2.45, 2.75) is 89.7 Å². The Hall–Kier alpha value is -4.65. The summed E-state index contributed by atoms with van der Waals surface area (Å²) < 4.78 is 38.0. The van der Waals surface area contributed by atoms with E-state index in [9.17, 15) is 14.4 Å². The van der Waals surface area contributed by atoms with Crippen molar-refractivity contribution < 1.29 is 27.9 Å². The number of imide groups is 1. The van der Waals surface area contributed by atoms with Gasteiger partial charge in [0.05, 0.1) is 11.6 Å². The zero-order valence-electron chi connectivity index (χ0n) is 31.0. The number of hydrogen-bond acceptors (Lipinski definition) is 7. The van der Waals surface area contributed by atoms with E-state index in [2.05, 4.69) is 20.2 Å². The predicted octanol–water partition coefficient (Wildman–Crippen LogP) is 6.53. The summed E-state index contributed by atoms with van der Waals surface area (Å²) in [6.07, 6.45) is 7.44. The quantitative estimate of drug-likeness (QED) is 0.207. The molecule has 9 rings (SSSR count). The second kappa shape index (κ2) is 13.0. The zero-order valence-corrected chi connectivity index (χ0v) is 31.0. The van der Waals surface area contributed by atoms with Gasteiger partial charge in [-0.2, -0.15) is 5.10 Å². The van der Waals surface area contributed by atoms with Crippen molar-refractivity contribution in [3.63, 3.8) is 0 Å². The molecule has 5 atom stereocenters. The summed E-state index contributed by atoms with van der Waals surface area (Å²) in [4.78, 5) is 49.8. The number of aromatic nitrogens is 4. The molecule has 3 aromatic heterocycles. The molecule has 1 aromatic carbocycles. The van der Waals surface area contributed by atoms with E-state index >= 15 is 8.78 Å². The number of hydrogen-bond donors (Lipinski definition) is 2. The molecule has 3 aliphatic heterocycles. The maximum absolute atomic E-state index is 15.0. The number of pyridine rings is 1. The van der Waals surface area contributed by atoms with Crippen LogP contribution in [0.4, 0.5) is 20.3 Å². The summed E-state index contributed by atoms with van der Waals surface area (Å²) >= 11 is 0. The number of H-pyrrole nitrogens is 1. The molecule has 3 amide bonds. The van der Waals surface area contributed by atoms with Crippen LogP contribution in [0.25, 0.3) is 22.3 Å². The number of anilines is 2. The Morgan fingerprint density at radius 2 is 1.89 bits per heavy atom. The van der Waals surface area contributed by atoms with E-state index in [0.717, 1.165) is 90.1 Å². The van der Waals surface area contributed by atoms with Crippen LogP contribution >= 0.6 is 0 Å². The summed E-state index contributed by atoms with van der Waals surface area (Å²) in [5, 5.41) is 8.42. The van der Waals surface area contributed by atoms with Gasteiger partial charge >= 0.3 is 0 Å². The lowest BCUT2D eigenvalue weighted by Crippen LogP contribution is -2.41. The molecule has 1 saturated carbocycles. The number of nitrogens with zero attached hydrogens (tertiary/aromatic N) is 5. The van der Waals surface area contributed by atoms with Crippen LogP contribution in [0.3, 0.4) is 0 Å². The fourth-order valence-corrected chi connectivity index (χ4v) is 9.61. The minimum absolute atomic E-state index is 0.0556. The van der Waals surface area contributed by atoms with Gasteiger partial charge in [0.25, 0.3) is 5.92 Å². The number of carbonyl (C=O) groups is 3. The third-order valence-electron chi connectivity index (χ3n) is 13.3. The summed E-state index contributed by atoms with van der Waals surface area (Å²) in [5.74, 6) is -3.29. The number of rotatable bonds is 7. The predicted molar refractivity (Wildman–Crippen MR) is 199 cm³/mol. The van der Waals surface area contributed by atoms with Gasteiger partial charge in [0.15, 0.2) is 0 Å². The highest BCUT2D eigenvalue weighted by molar-refractivity contribution is 6.01. The summed E-state index contributed by atoms with van der Waals surface area (Å²) in [7, 11) is 1.82. The highest BCUT2D eigenvalue weighted by Gasteiger charge is 2.78. The molecule has 0 radical (unpaired) electrons. The average molecular weight is 740 g/mol. The number of nitrogens with one attached hydrogen (secondary N) is 2. The van der Waals surface area contributed by atoms with Gasteiger partial charge in [-0.3, -0.25) is 19.7 Å². The standard InChI is InChI=1S/C41H47F2N7O4/c1-23(24-13-15-49(16-14-24)34-11-8-26(22-44-34)28-10-12-35(51)46-38(28)52)39(53)48(3)27-9-7-25-18-31(45-30(25)19-27)37-29-20-33-40(2,41(33,42)43)21-32(29)50(47-37)36-6-4-5-17-54-36/h7-9,11,18-19,22-24,28,33,36,45H,4-6,10,12-17,20-21H2,1-3H3,(H,46,51,52)/t23?,28?,33-,36?,40+/m0/s1. The number of benzene rings is 1. The van der Waals surface area contributed by atoms with Gasteiger partial charge in [0.2, 0.25) is 17.7 Å². The number of alkyl halides is 2. The van der Waals surface area contributed by atoms with E-state index in [0.29, 0.717) is 31.6 Å². The molecule has 54 heavy (non-hydrogen) atoms. The van der Waals surface area contributed by atoms with Crippen molar-refractivity contribution >= 4 is 40.1 Å². The zero-order chi connectivity index (χ0) is 37.5. The average Bonchev–Trinajstić information content (AvgIpc) is 3.53. The van der Waals surface area contributed by atoms with Gasteiger partial charge in [-0.25, -0.2) is 18.4 Å². The normalized spacial score (nSPS) is 27.3. The molecule has 5 aliphatic rings. The third-order valence-corrected chi connectivity index (χ3v) is 13.3. The van der Waals surface area contributed by atoms with Crippen LogP contribution in [0.15, 0.2) is 42.6 Å². The molecule has 2 aliphatic carbocycles. The first-order chi connectivity index (χ1) is 25.9. The van der Waals surface area contributed by atoms with Gasteiger partial charge in [-0.15, -0.1) is 0 Å². The molecular formula is C41H47F2N7O4. The first kappa shape index (κ1) is 35.1. The highest BCUT2D eigenvalue weighted by atomic mass is 19.3. The molecule has 11 nitrogen and oxygen atoms in total. The van der Waals surface area contributed by atoms with Gasteiger partial charge in [0, 0.05) is 90.9 Å². The largest absolute Gasteiger partial charge is 0.357 e. The topological polar surface area (TPSA) is 125 Å². The maximum Gasteiger partial charge on any atom is 0.258 e. The fourth-order valence-electron chi connectivity index (χ4n) is 9.61. The molecule has 4 fully saturated rings. The van der Waals surface area contributed by atoms with Crippen LogP contribution in [0, 0.1) is 23.2 Å². The van der Waals surface area contributed by atoms with Crippen molar-refractivity contribution in [1.82, 2.24) is 25.1 Å². The molecular weight excluding hydrogens is 692 g/mol. The van der Waals surface area contributed by atoms with Crippen molar-refractivity contribution in [2.75, 3.05) is 36.5 Å². The first-order valence-corrected chi connectivity index (χ1v) is 19.5. The van der Waals surface area contributed by atoms with Gasteiger partial charge in [-0.05, 0) is 80.7 Å². The highest BCUT2D eigenvalue weighted by Crippen LogP contribution is 2.70. The molecule has 13 heteroatoms. The molecule has 2 N–H and O–H groups in total. The number of halogens is 2. The van der Waals surface area contributed by atoms with E-state index in [4.69, 9.17) is 9.84 Å². The van der Waals surface area contributed by atoms with Crippen molar-refractivity contribution in [3.8, 4) is 11.4 Å². The Morgan fingerprint density at radius 3 is 2.61 bits per heavy atom. The van der Waals surface area contributed by atoms with Gasteiger partial charge < -0.3 is 19.5 Å². The summed E-state index contributed by atoms with van der Waals surface area (Å²) in [5.41, 5.74) is 4.68. The van der Waals surface area contributed by atoms with E-state index in [1.54, 1.807) is 18.0 Å². The Bertz CT molecular complexity index is 2130. The minimum atomic E-state index is -2.69. The molecule has 0 bridgehead atoms. The van der Waals surface area contributed by atoms with E-state index < -0.39 is 17.3 Å². The van der Waals surface area contributed by atoms with Crippen molar-refractivity contribution in [1.29, 1.82) is 0 Å². The number of ether oxygens (including phenoxy) is 1. The van der Waals surface area contributed by atoms with Crippen molar-refractivity contribution in [2.24, 2.45) is 23.2 Å². The Kier molecular flexibility index (Phi) is 8.44. The SMILES string of the molecule is CC(C(=O)N(C)c1ccc2cc(-c3nn(C4CCCCO4)c4c3C[C@@H]3C(F)(F)[C@]3(C)C4)[nH]c2c1)C1CCN(c2ccc(C3CCC(=O)NC3=O)cn2)CC1. The van der Waals surface area contributed by atoms with Crippen LogP contribution in [0.5, 0.6) is 0 Å². The van der Waals surface area contributed by atoms with Crippen LogP contribution < -0.4 is 15.1 Å². The Balaban J connectivity index is 0.876. The monoisotopic (exact) mass is 739 g/mol. The van der Waals surface area contributed by atoms with Crippen molar-refractivity contribution in [3.05, 3.63) is 59.4 Å². The van der Waals surface area contributed by atoms with Crippen LogP contribution in [0.1, 0.15) is 87.8 Å². The lowest BCUT2D eigenvalue weighted by Gasteiger charge is -2.36. The number of fused-ring (bicyclic) bond motifs is 3. The number of amides is 3. The summed E-state index contributed by atoms with van der Waals surface area (Å²) in [6, 6.07) is 11.8. The third kappa shape index (κ3) is 5.72. The second-order valence-electron chi connectivity index (χ2n) is 16.4. The molecule has 6 heterocycles. The smallest absolute Gasteiger partial charge is 0.258 e. The minimum Gasteiger partial charge on any atom is -0.357 e. The number of carbonyl (C=O) groups excluding carboxylic acids is 3. The Labute approximate surface area is 312 Å². The molecule has 3 saturated heterocycles. The van der Waals surface area contributed by atoms with Crippen LogP contribution in [0.2, 0.25) is 0 Å². The number of aromatic amines is 1. The number of piperidine rings is 2. The second-order valence-corrected chi connectivity index (χ2v) is 16.4. The van der Waals surface area contributed by atoms with Gasteiger partial charge in [0.1, 0.15) is 17.7 Å². The Morgan fingerprint density at radius 1 is 1.07 bits per heavy atom. The van der Waals surface area contributed by atoms with E-state index in [-0.39, 0.29) is 48.1 Å². The molecule has 3 unspecified atom stereocenters. The van der Waals surface area contributed by atoms with Crippen LogP contribution in [-0.2, 0) is 32.0 Å². The molecule has 0 spiro atoms. The summed E-state index contributed by atoms with van der Waals surface area (Å²) in [6.45, 7) is 5.92. The van der Waals surface area contributed by atoms with Gasteiger partial charge in [-0.1, -0.05) is 26.0 Å². The maximum atomic E-state index is 15.0. The first-order valence-electron chi connectivity index (χ1n) is 19.5. The van der Waals surface area contributed by atoms with Crippen LogP contribution in [-0.4, -0.2) is 70.1 Å². The molecule has 284 valence electrons. The molecule has 4 aromatic rings. The fraction of sp³-hybridized carbons (Fsp3) is 0.537. The van der Waals surface area contributed by atoms with E-state index in [1.165, 1.54) is 0 Å².